The molecule has 0 saturated heterocycles. The maximum Gasteiger partial charge on any atom is 0.411 e. The Kier molecular flexibility index (Phi) is 4.62. The molecule has 0 heterocycles. The van der Waals surface area contributed by atoms with Crippen LogP contribution in [0, 0.1) is 5.41 Å². The van der Waals surface area contributed by atoms with Crippen LogP contribution in [0.3, 0.4) is 0 Å². The summed E-state index contributed by atoms with van der Waals surface area (Å²) in [5, 5.41) is 3.32. The van der Waals surface area contributed by atoms with Crippen LogP contribution in [0.25, 0.3) is 0 Å². The summed E-state index contributed by atoms with van der Waals surface area (Å²) in [7, 11) is 0. The second-order valence-electron chi connectivity index (χ2n) is 4.85. The molecular weight excluding hydrogens is 219 g/mol. The van der Waals surface area contributed by atoms with Gasteiger partial charge in [0.15, 0.2) is 0 Å². The molecule has 1 fully saturated rings. The van der Waals surface area contributed by atoms with Gasteiger partial charge in [-0.2, -0.15) is 13.2 Å². The second-order valence-corrected chi connectivity index (χ2v) is 4.85. The van der Waals surface area contributed by atoms with E-state index >= 15 is 0 Å². The van der Waals surface area contributed by atoms with Crippen LogP contribution in [0.4, 0.5) is 13.2 Å². The van der Waals surface area contributed by atoms with E-state index in [-0.39, 0.29) is 6.61 Å². The zero-order valence-electron chi connectivity index (χ0n) is 9.86. The van der Waals surface area contributed by atoms with E-state index in [1.165, 1.54) is 12.8 Å². The molecule has 16 heavy (non-hydrogen) atoms. The summed E-state index contributed by atoms with van der Waals surface area (Å²) in [5.74, 6) is 0. The predicted octanol–water partition coefficient (Wildman–Crippen LogP) is 2.73. The molecule has 0 aromatic rings. The fourth-order valence-corrected chi connectivity index (χ4v) is 1.56. The van der Waals surface area contributed by atoms with Crippen molar-refractivity contribution in [2.45, 2.75) is 45.3 Å². The van der Waals surface area contributed by atoms with Crippen molar-refractivity contribution in [3.05, 3.63) is 0 Å². The Balaban J connectivity index is 1.92. The number of alkyl halides is 3. The second kappa shape index (κ2) is 5.36. The topological polar surface area (TPSA) is 21.3 Å². The van der Waals surface area contributed by atoms with Crippen molar-refractivity contribution in [3.8, 4) is 0 Å². The fraction of sp³-hybridized carbons (Fsp3) is 1.00. The van der Waals surface area contributed by atoms with E-state index in [1.54, 1.807) is 0 Å². The zero-order chi connectivity index (χ0) is 12.2. The van der Waals surface area contributed by atoms with Crippen LogP contribution in [0.2, 0.25) is 0 Å². The van der Waals surface area contributed by atoms with Crippen molar-refractivity contribution < 1.29 is 17.9 Å². The van der Waals surface area contributed by atoms with Gasteiger partial charge in [-0.1, -0.05) is 6.92 Å². The van der Waals surface area contributed by atoms with Crippen molar-refractivity contribution in [1.29, 1.82) is 0 Å². The van der Waals surface area contributed by atoms with E-state index in [0.717, 1.165) is 0 Å². The molecule has 96 valence electrons. The lowest BCUT2D eigenvalue weighted by atomic mass is 10.0. The molecule has 0 aromatic carbocycles. The lowest BCUT2D eigenvalue weighted by Gasteiger charge is -2.20. The number of halogens is 3. The molecule has 1 unspecified atom stereocenters. The van der Waals surface area contributed by atoms with E-state index in [9.17, 15) is 13.2 Å². The molecule has 1 N–H and O–H groups in total. The molecule has 0 aliphatic heterocycles. The monoisotopic (exact) mass is 239 g/mol. The van der Waals surface area contributed by atoms with Crippen LogP contribution in [0.15, 0.2) is 0 Å². The van der Waals surface area contributed by atoms with Gasteiger partial charge in [0.2, 0.25) is 0 Å². The molecular formula is C11H20F3NO. The zero-order valence-corrected chi connectivity index (χ0v) is 9.86. The SMILES string of the molecule is CC(NCCCOCC(F)(F)F)C1(C)CC1. The molecule has 1 aliphatic rings. The fourth-order valence-electron chi connectivity index (χ4n) is 1.56. The van der Waals surface area contributed by atoms with E-state index in [2.05, 4.69) is 23.9 Å². The smallest absolute Gasteiger partial charge is 0.372 e. The molecule has 1 atom stereocenters. The summed E-state index contributed by atoms with van der Waals surface area (Å²) >= 11 is 0. The molecule has 1 rings (SSSR count). The van der Waals surface area contributed by atoms with E-state index < -0.39 is 12.8 Å². The highest BCUT2D eigenvalue weighted by atomic mass is 19.4. The Morgan fingerprint density at radius 2 is 2.00 bits per heavy atom. The Labute approximate surface area is 94.5 Å². The Morgan fingerprint density at radius 1 is 1.38 bits per heavy atom. The summed E-state index contributed by atoms with van der Waals surface area (Å²) < 4.78 is 39.7. The molecule has 5 heteroatoms. The molecule has 0 bridgehead atoms. The highest BCUT2D eigenvalue weighted by molar-refractivity contribution is 4.96. The van der Waals surface area contributed by atoms with Gasteiger partial charge in [0.25, 0.3) is 0 Å². The summed E-state index contributed by atoms with van der Waals surface area (Å²) in [6.07, 6.45) is -1.10. The van der Waals surface area contributed by atoms with Crippen molar-refractivity contribution >= 4 is 0 Å². The standard InChI is InChI=1S/C11H20F3NO/c1-9(10(2)4-5-10)15-6-3-7-16-8-11(12,13)14/h9,15H,3-8H2,1-2H3. The van der Waals surface area contributed by atoms with Gasteiger partial charge in [0.05, 0.1) is 0 Å². The average Bonchev–Trinajstić information content (AvgIpc) is 2.89. The molecule has 1 aliphatic carbocycles. The summed E-state index contributed by atoms with van der Waals surface area (Å²) in [6, 6.07) is 0.440. The molecule has 0 aromatic heterocycles. The van der Waals surface area contributed by atoms with Gasteiger partial charge in [-0.25, -0.2) is 0 Å². The van der Waals surface area contributed by atoms with Crippen LogP contribution in [0.1, 0.15) is 33.1 Å². The lowest BCUT2D eigenvalue weighted by molar-refractivity contribution is -0.173. The maximum absolute atomic E-state index is 11.7. The highest BCUT2D eigenvalue weighted by Crippen LogP contribution is 2.47. The van der Waals surface area contributed by atoms with E-state index in [0.29, 0.717) is 24.4 Å². The Morgan fingerprint density at radius 3 is 2.50 bits per heavy atom. The third-order valence-electron chi connectivity index (χ3n) is 3.27. The first-order valence-corrected chi connectivity index (χ1v) is 5.71. The Hall–Kier alpha value is -0.290. The number of nitrogens with one attached hydrogen (secondary N) is 1. The molecule has 0 amide bonds. The van der Waals surface area contributed by atoms with E-state index in [1.807, 2.05) is 0 Å². The van der Waals surface area contributed by atoms with Crippen LogP contribution in [0.5, 0.6) is 0 Å². The van der Waals surface area contributed by atoms with Crippen LogP contribution in [-0.2, 0) is 4.74 Å². The molecule has 0 spiro atoms. The number of hydrogen-bond donors (Lipinski definition) is 1. The van der Waals surface area contributed by atoms with Gasteiger partial charge >= 0.3 is 6.18 Å². The summed E-state index contributed by atoms with van der Waals surface area (Å²) in [4.78, 5) is 0. The minimum Gasteiger partial charge on any atom is -0.372 e. The summed E-state index contributed by atoms with van der Waals surface area (Å²) in [6.45, 7) is 4.10. The van der Waals surface area contributed by atoms with Crippen molar-refractivity contribution in [2.24, 2.45) is 5.41 Å². The Bertz CT molecular complexity index is 214. The van der Waals surface area contributed by atoms with Crippen LogP contribution >= 0.6 is 0 Å². The first kappa shape index (κ1) is 13.8. The molecule has 2 nitrogen and oxygen atoms in total. The normalized spacial score (nSPS) is 20.8. The quantitative estimate of drug-likeness (QED) is 0.690. The van der Waals surface area contributed by atoms with Crippen molar-refractivity contribution in [2.75, 3.05) is 19.8 Å². The average molecular weight is 239 g/mol. The van der Waals surface area contributed by atoms with Gasteiger partial charge < -0.3 is 10.1 Å². The van der Waals surface area contributed by atoms with Crippen molar-refractivity contribution in [1.82, 2.24) is 5.32 Å². The van der Waals surface area contributed by atoms with Gasteiger partial charge in [-0.05, 0) is 38.1 Å². The molecule has 0 radical (unpaired) electrons. The first-order valence-electron chi connectivity index (χ1n) is 5.71. The third kappa shape index (κ3) is 5.16. The highest BCUT2D eigenvalue weighted by Gasteiger charge is 2.41. The van der Waals surface area contributed by atoms with Gasteiger partial charge in [0.1, 0.15) is 6.61 Å². The maximum atomic E-state index is 11.7. The van der Waals surface area contributed by atoms with Gasteiger partial charge in [-0.15, -0.1) is 0 Å². The number of rotatable bonds is 7. The summed E-state index contributed by atoms with van der Waals surface area (Å²) in [5.41, 5.74) is 0.410. The van der Waals surface area contributed by atoms with Gasteiger partial charge in [0, 0.05) is 12.6 Å². The lowest BCUT2D eigenvalue weighted by Crippen LogP contribution is -2.34. The van der Waals surface area contributed by atoms with Crippen molar-refractivity contribution in [3.63, 3.8) is 0 Å². The van der Waals surface area contributed by atoms with Crippen LogP contribution < -0.4 is 5.32 Å². The first-order chi connectivity index (χ1) is 7.33. The third-order valence-corrected chi connectivity index (χ3v) is 3.27. The number of hydrogen-bond acceptors (Lipinski definition) is 2. The van der Waals surface area contributed by atoms with E-state index in [4.69, 9.17) is 0 Å². The van der Waals surface area contributed by atoms with Crippen LogP contribution in [-0.4, -0.2) is 32.0 Å². The van der Waals surface area contributed by atoms with Gasteiger partial charge in [-0.3, -0.25) is 0 Å². The number of ether oxygens (including phenoxy) is 1. The predicted molar refractivity (Wildman–Crippen MR) is 56.3 cm³/mol. The minimum absolute atomic E-state index is 0.163. The minimum atomic E-state index is -4.21. The largest absolute Gasteiger partial charge is 0.411 e. The molecule has 1 saturated carbocycles.